The van der Waals surface area contributed by atoms with Crippen LogP contribution in [0.25, 0.3) is 0 Å². The SMILES string of the molecule is CC(O)CNCCNc1ncc[nH]c1=O. The first-order valence-corrected chi connectivity index (χ1v) is 4.86. The number of hydrogen-bond donors (Lipinski definition) is 4. The molecule has 4 N–H and O–H groups in total. The van der Waals surface area contributed by atoms with Crippen molar-refractivity contribution < 1.29 is 5.11 Å². The summed E-state index contributed by atoms with van der Waals surface area (Å²) in [5, 5.41) is 14.9. The average molecular weight is 212 g/mol. The number of hydrogen-bond acceptors (Lipinski definition) is 5. The third kappa shape index (κ3) is 4.57. The van der Waals surface area contributed by atoms with Gasteiger partial charge in [-0.15, -0.1) is 0 Å². The van der Waals surface area contributed by atoms with Crippen LogP contribution in [0.15, 0.2) is 17.2 Å². The van der Waals surface area contributed by atoms with E-state index in [9.17, 15) is 4.79 Å². The zero-order chi connectivity index (χ0) is 11.1. The third-order valence-corrected chi connectivity index (χ3v) is 1.74. The highest BCUT2D eigenvalue weighted by molar-refractivity contribution is 5.29. The van der Waals surface area contributed by atoms with E-state index in [-0.39, 0.29) is 11.7 Å². The molecule has 0 saturated heterocycles. The molecule has 0 amide bonds. The highest BCUT2D eigenvalue weighted by atomic mass is 16.3. The summed E-state index contributed by atoms with van der Waals surface area (Å²) in [6.07, 6.45) is 2.65. The summed E-state index contributed by atoms with van der Waals surface area (Å²) in [7, 11) is 0. The van der Waals surface area contributed by atoms with Crippen LogP contribution in [0.3, 0.4) is 0 Å². The summed E-state index contributed by atoms with van der Waals surface area (Å²) in [6.45, 7) is 3.51. The van der Waals surface area contributed by atoms with Crippen molar-refractivity contribution in [3.8, 4) is 0 Å². The molecule has 0 aromatic carbocycles. The Hall–Kier alpha value is -1.40. The topological polar surface area (TPSA) is 90.0 Å². The van der Waals surface area contributed by atoms with Crippen LogP contribution < -0.4 is 16.2 Å². The van der Waals surface area contributed by atoms with Crippen LogP contribution in [0, 0.1) is 0 Å². The lowest BCUT2D eigenvalue weighted by Gasteiger charge is -2.07. The fourth-order valence-corrected chi connectivity index (χ4v) is 1.06. The van der Waals surface area contributed by atoms with Gasteiger partial charge < -0.3 is 20.7 Å². The van der Waals surface area contributed by atoms with Gasteiger partial charge in [0, 0.05) is 32.0 Å². The normalized spacial score (nSPS) is 12.4. The fourth-order valence-electron chi connectivity index (χ4n) is 1.06. The Bertz CT molecular complexity index is 337. The second kappa shape index (κ2) is 6.15. The van der Waals surface area contributed by atoms with Crippen LogP contribution >= 0.6 is 0 Å². The molecule has 0 aliphatic rings. The van der Waals surface area contributed by atoms with Crippen LogP contribution in [0.4, 0.5) is 5.82 Å². The van der Waals surface area contributed by atoms with Gasteiger partial charge in [-0.05, 0) is 6.92 Å². The maximum atomic E-state index is 11.2. The van der Waals surface area contributed by atoms with Crippen molar-refractivity contribution in [2.45, 2.75) is 13.0 Å². The Morgan fingerprint density at radius 3 is 3.07 bits per heavy atom. The third-order valence-electron chi connectivity index (χ3n) is 1.74. The molecule has 6 nitrogen and oxygen atoms in total. The first-order valence-electron chi connectivity index (χ1n) is 4.86. The van der Waals surface area contributed by atoms with Crippen molar-refractivity contribution >= 4 is 5.82 Å². The molecule has 0 radical (unpaired) electrons. The average Bonchev–Trinajstić information content (AvgIpc) is 2.20. The maximum Gasteiger partial charge on any atom is 0.290 e. The first-order chi connectivity index (χ1) is 7.20. The Balaban J connectivity index is 2.21. The Morgan fingerprint density at radius 2 is 2.40 bits per heavy atom. The minimum Gasteiger partial charge on any atom is -0.392 e. The molecular formula is C9H16N4O2. The van der Waals surface area contributed by atoms with E-state index < -0.39 is 0 Å². The maximum absolute atomic E-state index is 11.2. The monoisotopic (exact) mass is 212 g/mol. The van der Waals surface area contributed by atoms with E-state index in [4.69, 9.17) is 5.11 Å². The Kier molecular flexibility index (Phi) is 4.79. The second-order valence-corrected chi connectivity index (χ2v) is 3.25. The molecule has 0 spiro atoms. The van der Waals surface area contributed by atoms with E-state index >= 15 is 0 Å². The zero-order valence-electron chi connectivity index (χ0n) is 8.66. The van der Waals surface area contributed by atoms with Crippen LogP contribution in [0.5, 0.6) is 0 Å². The van der Waals surface area contributed by atoms with Crippen molar-refractivity contribution in [1.29, 1.82) is 0 Å². The van der Waals surface area contributed by atoms with Gasteiger partial charge in [0.25, 0.3) is 5.56 Å². The molecule has 1 rings (SSSR count). The molecule has 1 heterocycles. The standard InChI is InChI=1S/C9H16N4O2/c1-7(14)6-10-2-3-11-8-9(15)13-5-4-12-8/h4-5,7,10,14H,2-3,6H2,1H3,(H,11,12)(H,13,15). The second-order valence-electron chi connectivity index (χ2n) is 3.25. The number of rotatable bonds is 6. The minimum absolute atomic E-state index is 0.229. The van der Waals surface area contributed by atoms with Crippen molar-refractivity contribution in [1.82, 2.24) is 15.3 Å². The summed E-state index contributed by atoms with van der Waals surface area (Å²) in [6, 6.07) is 0. The van der Waals surface area contributed by atoms with Gasteiger partial charge in [0.15, 0.2) is 5.82 Å². The van der Waals surface area contributed by atoms with E-state index in [0.29, 0.717) is 25.5 Å². The summed E-state index contributed by atoms with van der Waals surface area (Å²) >= 11 is 0. The number of H-pyrrole nitrogens is 1. The molecule has 1 aromatic heterocycles. The first kappa shape index (κ1) is 11.7. The van der Waals surface area contributed by atoms with Crippen LogP contribution in [0.1, 0.15) is 6.92 Å². The van der Waals surface area contributed by atoms with E-state index in [0.717, 1.165) is 0 Å². The predicted octanol–water partition coefficient (Wildman–Crippen LogP) is -0.848. The van der Waals surface area contributed by atoms with E-state index in [1.165, 1.54) is 12.4 Å². The van der Waals surface area contributed by atoms with Gasteiger partial charge in [0.2, 0.25) is 0 Å². The summed E-state index contributed by atoms with van der Waals surface area (Å²) in [5.41, 5.74) is -0.229. The van der Waals surface area contributed by atoms with Crippen LogP contribution in [-0.2, 0) is 0 Å². The van der Waals surface area contributed by atoms with Crippen LogP contribution in [0.2, 0.25) is 0 Å². The van der Waals surface area contributed by atoms with Gasteiger partial charge >= 0.3 is 0 Å². The molecule has 0 fully saturated rings. The highest BCUT2D eigenvalue weighted by Crippen LogP contribution is 1.87. The predicted molar refractivity (Wildman–Crippen MR) is 57.9 cm³/mol. The number of aromatic amines is 1. The number of nitrogens with zero attached hydrogens (tertiary/aromatic N) is 1. The molecule has 0 aliphatic heterocycles. The lowest BCUT2D eigenvalue weighted by Crippen LogP contribution is -2.30. The quantitative estimate of drug-likeness (QED) is 0.461. The van der Waals surface area contributed by atoms with Crippen molar-refractivity contribution in [3.63, 3.8) is 0 Å². The van der Waals surface area contributed by atoms with Crippen LogP contribution in [-0.4, -0.2) is 40.8 Å². The highest BCUT2D eigenvalue weighted by Gasteiger charge is 1.98. The van der Waals surface area contributed by atoms with E-state index in [1.807, 2.05) is 0 Å². The smallest absolute Gasteiger partial charge is 0.290 e. The van der Waals surface area contributed by atoms with Gasteiger partial charge in [0.05, 0.1) is 6.10 Å². The molecule has 6 heteroatoms. The summed E-state index contributed by atoms with van der Waals surface area (Å²) in [4.78, 5) is 17.5. The molecule has 1 unspecified atom stereocenters. The van der Waals surface area contributed by atoms with Gasteiger partial charge in [0.1, 0.15) is 0 Å². The largest absolute Gasteiger partial charge is 0.392 e. The lowest BCUT2D eigenvalue weighted by molar-refractivity contribution is 0.192. The molecule has 0 saturated carbocycles. The zero-order valence-corrected chi connectivity index (χ0v) is 8.66. The molecule has 0 aliphatic carbocycles. The minimum atomic E-state index is -0.358. The summed E-state index contributed by atoms with van der Waals surface area (Å²) < 4.78 is 0. The lowest BCUT2D eigenvalue weighted by atomic mass is 10.4. The van der Waals surface area contributed by atoms with Gasteiger partial charge in [-0.25, -0.2) is 4.98 Å². The van der Waals surface area contributed by atoms with E-state index in [1.54, 1.807) is 6.92 Å². The number of aliphatic hydroxyl groups is 1. The number of nitrogens with one attached hydrogen (secondary N) is 3. The molecule has 1 aromatic rings. The molecule has 0 bridgehead atoms. The Morgan fingerprint density at radius 1 is 1.60 bits per heavy atom. The number of anilines is 1. The molecule has 15 heavy (non-hydrogen) atoms. The summed E-state index contributed by atoms with van der Waals surface area (Å²) in [5.74, 6) is 0.316. The molecule has 84 valence electrons. The van der Waals surface area contributed by atoms with Gasteiger partial charge in [-0.3, -0.25) is 4.79 Å². The van der Waals surface area contributed by atoms with E-state index in [2.05, 4.69) is 20.6 Å². The van der Waals surface area contributed by atoms with Gasteiger partial charge in [-0.2, -0.15) is 0 Å². The van der Waals surface area contributed by atoms with Crippen molar-refractivity contribution in [3.05, 3.63) is 22.7 Å². The van der Waals surface area contributed by atoms with Crippen molar-refractivity contribution in [2.24, 2.45) is 0 Å². The number of aliphatic hydroxyl groups excluding tert-OH is 1. The number of aromatic nitrogens is 2. The fraction of sp³-hybridized carbons (Fsp3) is 0.556. The molecule has 1 atom stereocenters. The van der Waals surface area contributed by atoms with Gasteiger partial charge in [-0.1, -0.05) is 0 Å². The Labute approximate surface area is 87.8 Å². The molecular weight excluding hydrogens is 196 g/mol. The van der Waals surface area contributed by atoms with Crippen molar-refractivity contribution in [2.75, 3.05) is 25.0 Å².